The molecule has 0 aliphatic rings. The number of hydrogen-bond acceptors (Lipinski definition) is 2. The van der Waals surface area contributed by atoms with Crippen molar-refractivity contribution in [1.29, 1.82) is 0 Å². The maximum Gasteiger partial charge on any atom is 0.126 e. The number of nitrogens with one attached hydrogen (secondary N) is 1. The van der Waals surface area contributed by atoms with E-state index in [1.54, 1.807) is 0 Å². The number of nitrogens with zero attached hydrogens (tertiary/aromatic N) is 1. The average molecular weight is 228 g/mol. The first kappa shape index (κ1) is 13.1. The smallest absolute Gasteiger partial charge is 0.126 e. The summed E-state index contributed by atoms with van der Waals surface area (Å²) in [5, 5.41) is 3.04. The second kappa shape index (κ2) is 6.55. The van der Waals surface area contributed by atoms with Crippen LogP contribution in [0.2, 0.25) is 0 Å². The van der Waals surface area contributed by atoms with E-state index in [0.29, 0.717) is 12.0 Å². The highest BCUT2D eigenvalue weighted by molar-refractivity contribution is 5.18. The average Bonchev–Trinajstić information content (AvgIpc) is 2.27. The Bertz CT molecular complexity index is 329. The molecule has 1 rings (SSSR count). The van der Waals surface area contributed by atoms with E-state index in [-0.39, 0.29) is 11.6 Å². The quantitative estimate of drug-likeness (QED) is 0.796. The molecule has 0 spiro atoms. The molecule has 2 nitrogen and oxygen atoms in total. The Hall–Kier alpha value is -1.00. The lowest BCUT2D eigenvalue weighted by Gasteiger charge is -2.16. The normalized spacial score (nSPS) is 11.1. The van der Waals surface area contributed by atoms with Crippen molar-refractivity contribution in [3.8, 4) is 0 Å². The van der Waals surface area contributed by atoms with Crippen LogP contribution in [0.5, 0.6) is 0 Å². The Morgan fingerprint density at radius 1 is 1.25 bits per heavy atom. The van der Waals surface area contributed by atoms with Crippen LogP contribution in [0.4, 0.5) is 8.78 Å². The molecule has 0 aromatic heterocycles. The van der Waals surface area contributed by atoms with Crippen molar-refractivity contribution < 1.29 is 8.78 Å². The predicted molar refractivity (Wildman–Crippen MR) is 61.5 cm³/mol. The van der Waals surface area contributed by atoms with E-state index < -0.39 is 0 Å². The van der Waals surface area contributed by atoms with E-state index in [2.05, 4.69) is 10.2 Å². The summed E-state index contributed by atoms with van der Waals surface area (Å²) in [5.41, 5.74) is 0.441. The van der Waals surface area contributed by atoms with Gasteiger partial charge in [-0.05, 0) is 44.3 Å². The zero-order valence-corrected chi connectivity index (χ0v) is 9.76. The van der Waals surface area contributed by atoms with E-state index in [0.717, 1.165) is 25.7 Å². The molecule has 4 heteroatoms. The van der Waals surface area contributed by atoms with Gasteiger partial charge in [-0.25, -0.2) is 8.78 Å². The summed E-state index contributed by atoms with van der Waals surface area (Å²) in [5.74, 6) is -0.710. The fourth-order valence-electron chi connectivity index (χ4n) is 1.46. The van der Waals surface area contributed by atoms with Crippen molar-refractivity contribution in [3.63, 3.8) is 0 Å². The standard InChI is InChI=1S/C12H18F2N2/c1-15-6-8-16(2)7-5-10-9-11(13)3-4-12(10)14/h3-4,9,15H,5-8H2,1-2H3. The van der Waals surface area contributed by atoms with Gasteiger partial charge in [0.15, 0.2) is 0 Å². The third-order valence-corrected chi connectivity index (χ3v) is 2.51. The fraction of sp³-hybridized carbons (Fsp3) is 0.500. The van der Waals surface area contributed by atoms with Crippen molar-refractivity contribution in [1.82, 2.24) is 10.2 Å². The lowest BCUT2D eigenvalue weighted by molar-refractivity contribution is 0.337. The predicted octanol–water partition coefficient (Wildman–Crippen LogP) is 1.66. The summed E-state index contributed by atoms with van der Waals surface area (Å²) in [6.45, 7) is 2.51. The molecule has 0 amide bonds. The van der Waals surface area contributed by atoms with Crippen LogP contribution < -0.4 is 5.32 Å². The first-order chi connectivity index (χ1) is 7.63. The first-order valence-electron chi connectivity index (χ1n) is 5.40. The molecule has 0 heterocycles. The molecule has 0 aliphatic heterocycles. The molecule has 0 radical (unpaired) electrons. The lowest BCUT2D eigenvalue weighted by atomic mass is 10.1. The Morgan fingerprint density at radius 2 is 2.00 bits per heavy atom. The summed E-state index contributed by atoms with van der Waals surface area (Å²) >= 11 is 0. The number of likely N-dealkylation sites (N-methyl/N-ethyl adjacent to an activating group) is 2. The molecule has 16 heavy (non-hydrogen) atoms. The number of rotatable bonds is 6. The van der Waals surface area contributed by atoms with E-state index >= 15 is 0 Å². The number of benzene rings is 1. The van der Waals surface area contributed by atoms with Gasteiger partial charge in [0.25, 0.3) is 0 Å². The Balaban J connectivity index is 2.44. The van der Waals surface area contributed by atoms with E-state index in [4.69, 9.17) is 0 Å². The maximum absolute atomic E-state index is 13.3. The van der Waals surface area contributed by atoms with Crippen LogP contribution in [0.15, 0.2) is 18.2 Å². The van der Waals surface area contributed by atoms with Gasteiger partial charge in [-0.3, -0.25) is 0 Å². The molecular formula is C12H18F2N2. The highest BCUT2D eigenvalue weighted by Gasteiger charge is 2.05. The summed E-state index contributed by atoms with van der Waals surface area (Å²) < 4.78 is 26.2. The molecule has 0 saturated carbocycles. The van der Waals surface area contributed by atoms with Crippen LogP contribution in [0.25, 0.3) is 0 Å². The van der Waals surface area contributed by atoms with Gasteiger partial charge in [0.05, 0.1) is 0 Å². The van der Waals surface area contributed by atoms with Gasteiger partial charge in [-0.2, -0.15) is 0 Å². The van der Waals surface area contributed by atoms with E-state index in [9.17, 15) is 8.78 Å². The Kier molecular flexibility index (Phi) is 5.35. The molecule has 0 saturated heterocycles. The summed E-state index contributed by atoms with van der Waals surface area (Å²) in [6, 6.07) is 3.59. The summed E-state index contributed by atoms with van der Waals surface area (Å²) in [6.07, 6.45) is 0.532. The van der Waals surface area contributed by atoms with Crippen molar-refractivity contribution in [2.45, 2.75) is 6.42 Å². The highest BCUT2D eigenvalue weighted by atomic mass is 19.1. The molecule has 0 unspecified atom stereocenters. The minimum atomic E-state index is -0.380. The molecule has 0 aliphatic carbocycles. The number of halogens is 2. The molecule has 1 N–H and O–H groups in total. The van der Waals surface area contributed by atoms with Gasteiger partial charge in [0.1, 0.15) is 11.6 Å². The van der Waals surface area contributed by atoms with E-state index in [1.165, 1.54) is 12.1 Å². The Labute approximate surface area is 95.3 Å². The van der Waals surface area contributed by atoms with Gasteiger partial charge in [0.2, 0.25) is 0 Å². The van der Waals surface area contributed by atoms with Crippen LogP contribution in [0, 0.1) is 11.6 Å². The van der Waals surface area contributed by atoms with E-state index in [1.807, 2.05) is 14.1 Å². The van der Waals surface area contributed by atoms with Crippen molar-refractivity contribution in [3.05, 3.63) is 35.4 Å². The van der Waals surface area contributed by atoms with Crippen LogP contribution in [0.3, 0.4) is 0 Å². The molecule has 0 bridgehead atoms. The molecule has 0 fully saturated rings. The number of hydrogen-bond donors (Lipinski definition) is 1. The second-order valence-electron chi connectivity index (χ2n) is 3.89. The Morgan fingerprint density at radius 3 is 2.69 bits per heavy atom. The van der Waals surface area contributed by atoms with Gasteiger partial charge in [-0.15, -0.1) is 0 Å². The minimum Gasteiger partial charge on any atom is -0.318 e. The molecule has 1 aromatic rings. The van der Waals surface area contributed by atoms with Crippen LogP contribution in [0.1, 0.15) is 5.56 Å². The zero-order chi connectivity index (χ0) is 12.0. The first-order valence-corrected chi connectivity index (χ1v) is 5.40. The van der Waals surface area contributed by atoms with Gasteiger partial charge >= 0.3 is 0 Å². The third-order valence-electron chi connectivity index (χ3n) is 2.51. The second-order valence-corrected chi connectivity index (χ2v) is 3.89. The molecule has 0 atom stereocenters. The molecule has 90 valence electrons. The maximum atomic E-state index is 13.3. The largest absolute Gasteiger partial charge is 0.318 e. The molecular weight excluding hydrogens is 210 g/mol. The fourth-order valence-corrected chi connectivity index (χ4v) is 1.46. The summed E-state index contributed by atoms with van der Waals surface area (Å²) in [7, 11) is 3.86. The van der Waals surface area contributed by atoms with Crippen molar-refractivity contribution in [2.75, 3.05) is 33.7 Å². The van der Waals surface area contributed by atoms with Crippen LogP contribution >= 0.6 is 0 Å². The lowest BCUT2D eigenvalue weighted by Crippen LogP contribution is -2.29. The third kappa shape index (κ3) is 4.24. The highest BCUT2D eigenvalue weighted by Crippen LogP contribution is 2.10. The zero-order valence-electron chi connectivity index (χ0n) is 9.76. The van der Waals surface area contributed by atoms with Gasteiger partial charge in [0, 0.05) is 19.6 Å². The van der Waals surface area contributed by atoms with Crippen molar-refractivity contribution >= 4 is 0 Å². The van der Waals surface area contributed by atoms with Crippen LogP contribution in [-0.2, 0) is 6.42 Å². The topological polar surface area (TPSA) is 15.3 Å². The van der Waals surface area contributed by atoms with Crippen molar-refractivity contribution in [2.24, 2.45) is 0 Å². The summed E-state index contributed by atoms with van der Waals surface area (Å²) in [4.78, 5) is 2.08. The van der Waals surface area contributed by atoms with Gasteiger partial charge < -0.3 is 10.2 Å². The monoisotopic (exact) mass is 228 g/mol. The molecule has 1 aromatic carbocycles. The van der Waals surface area contributed by atoms with Crippen LogP contribution in [-0.4, -0.2) is 38.6 Å². The minimum absolute atomic E-state index is 0.330. The SMILES string of the molecule is CNCCN(C)CCc1cc(F)ccc1F. The van der Waals surface area contributed by atoms with Gasteiger partial charge in [-0.1, -0.05) is 0 Å².